The van der Waals surface area contributed by atoms with E-state index in [0.717, 1.165) is 32.6 Å². The molecule has 0 aromatic carbocycles. The SMILES string of the molecule is CC(=O)N1CCCN(C(C)CCC(=O)O)CC1. The van der Waals surface area contributed by atoms with Gasteiger partial charge in [-0.05, 0) is 19.8 Å². The summed E-state index contributed by atoms with van der Waals surface area (Å²) in [6.07, 6.45) is 1.86. The summed E-state index contributed by atoms with van der Waals surface area (Å²) < 4.78 is 0. The van der Waals surface area contributed by atoms with Crippen LogP contribution in [0, 0.1) is 0 Å². The molecule has 1 heterocycles. The summed E-state index contributed by atoms with van der Waals surface area (Å²) in [5, 5.41) is 8.66. The van der Waals surface area contributed by atoms with Crippen LogP contribution < -0.4 is 0 Å². The van der Waals surface area contributed by atoms with Crippen molar-refractivity contribution in [3.63, 3.8) is 0 Å². The molecule has 1 saturated heterocycles. The van der Waals surface area contributed by atoms with Gasteiger partial charge in [0.25, 0.3) is 0 Å². The third kappa shape index (κ3) is 4.73. The Bertz CT molecular complexity index is 281. The maximum absolute atomic E-state index is 11.3. The molecule has 5 heteroatoms. The average Bonchev–Trinajstić information content (AvgIpc) is 2.51. The second-order valence-electron chi connectivity index (χ2n) is 4.68. The van der Waals surface area contributed by atoms with Crippen LogP contribution in [0.3, 0.4) is 0 Å². The second kappa shape index (κ2) is 6.59. The Morgan fingerprint density at radius 2 is 1.94 bits per heavy atom. The number of carboxylic acids is 1. The lowest BCUT2D eigenvalue weighted by Crippen LogP contribution is -2.38. The van der Waals surface area contributed by atoms with E-state index in [9.17, 15) is 9.59 Å². The molecular weight excluding hydrogens is 220 g/mol. The van der Waals surface area contributed by atoms with Gasteiger partial charge in [-0.3, -0.25) is 14.5 Å². The van der Waals surface area contributed by atoms with Crippen LogP contribution in [0.4, 0.5) is 0 Å². The van der Waals surface area contributed by atoms with Gasteiger partial charge >= 0.3 is 5.97 Å². The fourth-order valence-electron chi connectivity index (χ4n) is 2.21. The van der Waals surface area contributed by atoms with Gasteiger partial charge in [-0.25, -0.2) is 0 Å². The fourth-order valence-corrected chi connectivity index (χ4v) is 2.21. The summed E-state index contributed by atoms with van der Waals surface area (Å²) in [5.74, 6) is -0.609. The molecule has 1 N–H and O–H groups in total. The van der Waals surface area contributed by atoms with Crippen LogP contribution in [0.25, 0.3) is 0 Å². The molecule has 0 aromatic rings. The van der Waals surface area contributed by atoms with Gasteiger partial charge in [0.1, 0.15) is 0 Å². The predicted octanol–water partition coefficient (Wildman–Crippen LogP) is 0.794. The summed E-state index contributed by atoms with van der Waals surface area (Å²) in [6.45, 7) is 7.03. The molecule has 0 aliphatic carbocycles. The lowest BCUT2D eigenvalue weighted by atomic mass is 10.1. The first kappa shape index (κ1) is 14.0. The van der Waals surface area contributed by atoms with E-state index in [2.05, 4.69) is 11.8 Å². The highest BCUT2D eigenvalue weighted by Gasteiger charge is 2.20. The lowest BCUT2D eigenvalue weighted by Gasteiger charge is -2.27. The van der Waals surface area contributed by atoms with E-state index in [-0.39, 0.29) is 18.4 Å². The Labute approximate surface area is 102 Å². The molecule has 1 rings (SSSR count). The third-order valence-electron chi connectivity index (χ3n) is 3.38. The highest BCUT2D eigenvalue weighted by molar-refractivity contribution is 5.73. The van der Waals surface area contributed by atoms with Crippen LogP contribution in [0.15, 0.2) is 0 Å². The largest absolute Gasteiger partial charge is 0.481 e. The van der Waals surface area contributed by atoms with Gasteiger partial charge in [-0.1, -0.05) is 0 Å². The van der Waals surface area contributed by atoms with Gasteiger partial charge in [0, 0.05) is 45.6 Å². The minimum absolute atomic E-state index is 0.130. The van der Waals surface area contributed by atoms with Gasteiger partial charge in [0.2, 0.25) is 5.91 Å². The van der Waals surface area contributed by atoms with Crippen LogP contribution in [-0.4, -0.2) is 59.0 Å². The van der Waals surface area contributed by atoms with Crippen LogP contribution in [-0.2, 0) is 9.59 Å². The molecule has 1 amide bonds. The van der Waals surface area contributed by atoms with E-state index in [0.29, 0.717) is 6.42 Å². The standard InChI is InChI=1S/C12H22N2O3/c1-10(4-5-12(16)17)13-6-3-7-14(9-8-13)11(2)15/h10H,3-9H2,1-2H3,(H,16,17). The summed E-state index contributed by atoms with van der Waals surface area (Å²) >= 11 is 0. The van der Waals surface area contributed by atoms with E-state index in [1.54, 1.807) is 6.92 Å². The molecule has 0 spiro atoms. The molecule has 1 unspecified atom stereocenters. The van der Waals surface area contributed by atoms with Gasteiger partial charge in [-0.15, -0.1) is 0 Å². The number of aliphatic carboxylic acids is 1. The van der Waals surface area contributed by atoms with Gasteiger partial charge in [0.05, 0.1) is 0 Å². The molecule has 1 aliphatic heterocycles. The van der Waals surface area contributed by atoms with Crippen LogP contribution in [0.5, 0.6) is 0 Å². The first-order valence-corrected chi connectivity index (χ1v) is 6.22. The van der Waals surface area contributed by atoms with E-state index >= 15 is 0 Å². The Balaban J connectivity index is 2.39. The van der Waals surface area contributed by atoms with Crippen molar-refractivity contribution in [1.82, 2.24) is 9.80 Å². The normalized spacial score (nSPS) is 19.8. The van der Waals surface area contributed by atoms with E-state index < -0.39 is 5.97 Å². The number of carbonyl (C=O) groups is 2. The van der Waals surface area contributed by atoms with Crippen molar-refractivity contribution in [3.05, 3.63) is 0 Å². The molecule has 0 radical (unpaired) electrons. The lowest BCUT2D eigenvalue weighted by molar-refractivity contribution is -0.137. The molecule has 0 aromatic heterocycles. The van der Waals surface area contributed by atoms with Crippen molar-refractivity contribution in [2.75, 3.05) is 26.2 Å². The third-order valence-corrected chi connectivity index (χ3v) is 3.38. The number of nitrogens with zero attached hydrogens (tertiary/aromatic N) is 2. The van der Waals surface area contributed by atoms with Crippen LogP contribution in [0.1, 0.15) is 33.1 Å². The Hall–Kier alpha value is -1.10. The molecule has 5 nitrogen and oxygen atoms in total. The predicted molar refractivity (Wildman–Crippen MR) is 64.8 cm³/mol. The number of hydrogen-bond acceptors (Lipinski definition) is 3. The Kier molecular flexibility index (Phi) is 5.41. The summed E-state index contributed by atoms with van der Waals surface area (Å²) in [6, 6.07) is 0.276. The summed E-state index contributed by atoms with van der Waals surface area (Å²) in [7, 11) is 0. The highest BCUT2D eigenvalue weighted by atomic mass is 16.4. The van der Waals surface area contributed by atoms with E-state index in [4.69, 9.17) is 5.11 Å². The maximum atomic E-state index is 11.3. The minimum Gasteiger partial charge on any atom is -0.481 e. The Morgan fingerprint density at radius 1 is 1.24 bits per heavy atom. The molecule has 17 heavy (non-hydrogen) atoms. The molecule has 0 bridgehead atoms. The molecule has 98 valence electrons. The zero-order chi connectivity index (χ0) is 12.8. The maximum Gasteiger partial charge on any atom is 0.303 e. The van der Waals surface area contributed by atoms with Crippen molar-refractivity contribution in [2.24, 2.45) is 0 Å². The smallest absolute Gasteiger partial charge is 0.303 e. The van der Waals surface area contributed by atoms with Gasteiger partial charge in [-0.2, -0.15) is 0 Å². The summed E-state index contributed by atoms with van der Waals surface area (Å²) in [4.78, 5) is 25.9. The second-order valence-corrected chi connectivity index (χ2v) is 4.68. The number of hydrogen-bond donors (Lipinski definition) is 1. The quantitative estimate of drug-likeness (QED) is 0.792. The number of amides is 1. The van der Waals surface area contributed by atoms with Crippen molar-refractivity contribution in [3.8, 4) is 0 Å². The average molecular weight is 242 g/mol. The van der Waals surface area contributed by atoms with Gasteiger partial charge < -0.3 is 10.0 Å². The minimum atomic E-state index is -0.739. The van der Waals surface area contributed by atoms with Crippen molar-refractivity contribution in [1.29, 1.82) is 0 Å². The molecular formula is C12H22N2O3. The van der Waals surface area contributed by atoms with E-state index in [1.807, 2.05) is 4.90 Å². The van der Waals surface area contributed by atoms with Crippen LogP contribution in [0.2, 0.25) is 0 Å². The van der Waals surface area contributed by atoms with Gasteiger partial charge in [0.15, 0.2) is 0 Å². The highest BCUT2D eigenvalue weighted by Crippen LogP contribution is 2.11. The first-order valence-electron chi connectivity index (χ1n) is 6.22. The fraction of sp³-hybridized carbons (Fsp3) is 0.833. The number of carbonyl (C=O) groups excluding carboxylic acids is 1. The van der Waals surface area contributed by atoms with E-state index in [1.165, 1.54) is 0 Å². The summed E-state index contributed by atoms with van der Waals surface area (Å²) in [5.41, 5.74) is 0. The monoisotopic (exact) mass is 242 g/mol. The Morgan fingerprint density at radius 3 is 2.53 bits per heavy atom. The zero-order valence-electron chi connectivity index (χ0n) is 10.7. The van der Waals surface area contributed by atoms with Crippen LogP contribution >= 0.6 is 0 Å². The first-order chi connectivity index (χ1) is 8.00. The molecule has 0 saturated carbocycles. The zero-order valence-corrected chi connectivity index (χ0v) is 10.7. The molecule has 1 atom stereocenters. The van der Waals surface area contributed by atoms with Crippen molar-refractivity contribution in [2.45, 2.75) is 39.2 Å². The molecule has 1 aliphatic rings. The van der Waals surface area contributed by atoms with Crippen molar-refractivity contribution >= 4 is 11.9 Å². The molecule has 1 fully saturated rings. The topological polar surface area (TPSA) is 60.9 Å². The number of carboxylic acid groups (broad SMARTS) is 1. The van der Waals surface area contributed by atoms with Crippen molar-refractivity contribution < 1.29 is 14.7 Å². The number of rotatable bonds is 4.